The average molecular weight is 155 g/mol. The molecule has 1 saturated carbocycles. The lowest BCUT2D eigenvalue weighted by atomic mass is 10.1. The van der Waals surface area contributed by atoms with E-state index >= 15 is 0 Å². The van der Waals surface area contributed by atoms with Gasteiger partial charge in [0.05, 0.1) is 12.2 Å². The Morgan fingerprint density at radius 1 is 2.00 bits per heavy atom. The molecule has 1 aliphatic rings. The van der Waals surface area contributed by atoms with Crippen molar-refractivity contribution >= 4 is 5.97 Å². The van der Waals surface area contributed by atoms with Crippen LogP contribution in [0.15, 0.2) is 0 Å². The van der Waals surface area contributed by atoms with E-state index in [9.17, 15) is 4.79 Å². The van der Waals surface area contributed by atoms with Gasteiger partial charge in [-0.1, -0.05) is 0 Å². The van der Waals surface area contributed by atoms with E-state index in [-0.39, 0.29) is 0 Å². The number of nitriles is 1. The summed E-state index contributed by atoms with van der Waals surface area (Å²) >= 11 is 0. The molecular formula is C7H9NO3. The Labute approximate surface area is 64.4 Å². The second kappa shape index (κ2) is 2.51. The number of hydrogen-bond donors (Lipinski definition) is 1. The lowest BCUT2D eigenvalue weighted by Gasteiger charge is -2.00. The van der Waals surface area contributed by atoms with Gasteiger partial charge in [-0.25, -0.2) is 0 Å². The number of carbonyl (C=O) groups is 1. The molecule has 0 spiro atoms. The topological polar surface area (TPSA) is 70.3 Å². The monoisotopic (exact) mass is 155 g/mol. The number of nitrogens with zero attached hydrogens (tertiary/aromatic N) is 1. The molecule has 0 aromatic carbocycles. The van der Waals surface area contributed by atoms with Gasteiger partial charge < -0.3 is 9.84 Å². The van der Waals surface area contributed by atoms with Crippen LogP contribution < -0.4 is 0 Å². The summed E-state index contributed by atoms with van der Waals surface area (Å²) in [5.41, 5.74) is -1.24. The van der Waals surface area contributed by atoms with Gasteiger partial charge in [-0.2, -0.15) is 5.26 Å². The number of hydrogen-bond acceptors (Lipinski definition) is 3. The molecule has 0 aliphatic heterocycles. The van der Waals surface area contributed by atoms with Crippen LogP contribution in [0.4, 0.5) is 0 Å². The highest BCUT2D eigenvalue weighted by Gasteiger charge is 2.63. The van der Waals surface area contributed by atoms with Gasteiger partial charge in [-0.15, -0.1) is 0 Å². The molecular weight excluding hydrogens is 146 g/mol. The maximum Gasteiger partial charge on any atom is 0.326 e. The molecule has 2 unspecified atom stereocenters. The fourth-order valence-electron chi connectivity index (χ4n) is 1.03. The first-order valence-corrected chi connectivity index (χ1v) is 3.43. The lowest BCUT2D eigenvalue weighted by molar-refractivity contribution is -0.142. The molecule has 0 bridgehead atoms. The predicted octanol–water partition coefficient (Wildman–Crippen LogP) is 0.390. The first-order valence-electron chi connectivity index (χ1n) is 3.43. The van der Waals surface area contributed by atoms with Gasteiger partial charge in [0.25, 0.3) is 0 Å². The molecule has 1 fully saturated rings. The maximum absolute atomic E-state index is 10.5. The van der Waals surface area contributed by atoms with Crippen LogP contribution in [-0.2, 0) is 9.53 Å². The van der Waals surface area contributed by atoms with Crippen molar-refractivity contribution in [2.45, 2.75) is 19.4 Å². The Hall–Kier alpha value is -1.08. The van der Waals surface area contributed by atoms with Crippen LogP contribution in [0.2, 0.25) is 0 Å². The molecule has 4 nitrogen and oxygen atoms in total. The highest BCUT2D eigenvalue weighted by atomic mass is 16.5. The summed E-state index contributed by atoms with van der Waals surface area (Å²) in [6, 6.07) is 1.76. The number of ether oxygens (including phenoxy) is 1. The zero-order valence-electron chi connectivity index (χ0n) is 6.20. The molecule has 0 aromatic rings. The molecule has 1 aliphatic carbocycles. The van der Waals surface area contributed by atoms with E-state index in [4.69, 9.17) is 15.1 Å². The van der Waals surface area contributed by atoms with Crippen molar-refractivity contribution in [1.82, 2.24) is 0 Å². The van der Waals surface area contributed by atoms with Crippen molar-refractivity contribution in [2.24, 2.45) is 5.41 Å². The highest BCUT2D eigenvalue weighted by Crippen LogP contribution is 2.47. The smallest absolute Gasteiger partial charge is 0.326 e. The van der Waals surface area contributed by atoms with E-state index in [1.807, 2.05) is 0 Å². The van der Waals surface area contributed by atoms with E-state index in [2.05, 4.69) is 0 Å². The summed E-state index contributed by atoms with van der Waals surface area (Å²) in [4.78, 5) is 10.5. The van der Waals surface area contributed by atoms with Gasteiger partial charge >= 0.3 is 5.97 Å². The zero-order chi connectivity index (χ0) is 8.48. The molecule has 1 rings (SSSR count). The SMILES string of the molecule is CCOC1CC1(C#N)C(=O)O. The van der Waals surface area contributed by atoms with Gasteiger partial charge in [0.1, 0.15) is 0 Å². The first-order chi connectivity index (χ1) is 5.17. The van der Waals surface area contributed by atoms with Crippen molar-refractivity contribution in [3.63, 3.8) is 0 Å². The summed E-state index contributed by atoms with van der Waals surface area (Å²) in [6.45, 7) is 2.24. The van der Waals surface area contributed by atoms with Crippen molar-refractivity contribution in [3.05, 3.63) is 0 Å². The number of carboxylic acid groups (broad SMARTS) is 1. The lowest BCUT2D eigenvalue weighted by Crippen LogP contribution is -2.18. The second-order valence-corrected chi connectivity index (χ2v) is 2.54. The molecule has 0 amide bonds. The minimum atomic E-state index is -1.24. The van der Waals surface area contributed by atoms with Crippen LogP contribution in [0.5, 0.6) is 0 Å². The Morgan fingerprint density at radius 2 is 2.64 bits per heavy atom. The Morgan fingerprint density at radius 3 is 2.91 bits per heavy atom. The van der Waals surface area contributed by atoms with Gasteiger partial charge in [0, 0.05) is 13.0 Å². The third kappa shape index (κ3) is 1.08. The highest BCUT2D eigenvalue weighted by molar-refractivity contribution is 5.82. The van der Waals surface area contributed by atoms with E-state index in [0.29, 0.717) is 13.0 Å². The van der Waals surface area contributed by atoms with Crippen LogP contribution in [0.1, 0.15) is 13.3 Å². The number of rotatable bonds is 3. The number of carboxylic acids is 1. The van der Waals surface area contributed by atoms with Crippen molar-refractivity contribution < 1.29 is 14.6 Å². The fraction of sp³-hybridized carbons (Fsp3) is 0.714. The van der Waals surface area contributed by atoms with Crippen molar-refractivity contribution in [3.8, 4) is 6.07 Å². The second-order valence-electron chi connectivity index (χ2n) is 2.54. The van der Waals surface area contributed by atoms with Crippen LogP contribution in [0.3, 0.4) is 0 Å². The maximum atomic E-state index is 10.5. The molecule has 2 atom stereocenters. The van der Waals surface area contributed by atoms with Gasteiger partial charge in [0.15, 0.2) is 5.41 Å². The minimum absolute atomic E-state index is 0.326. The van der Waals surface area contributed by atoms with Gasteiger partial charge in [-0.05, 0) is 6.92 Å². The Balaban J connectivity index is 2.59. The summed E-state index contributed by atoms with van der Waals surface area (Å²) < 4.78 is 5.02. The van der Waals surface area contributed by atoms with Crippen LogP contribution in [-0.4, -0.2) is 23.8 Å². The molecule has 0 heterocycles. The third-order valence-electron chi connectivity index (χ3n) is 1.85. The molecule has 11 heavy (non-hydrogen) atoms. The summed E-state index contributed by atoms with van der Waals surface area (Å²) in [6.07, 6.45) is -0.0675. The molecule has 0 aromatic heterocycles. The first kappa shape index (κ1) is 8.02. The van der Waals surface area contributed by atoms with E-state index in [1.165, 1.54) is 0 Å². The molecule has 4 heteroatoms. The zero-order valence-corrected chi connectivity index (χ0v) is 6.20. The molecule has 0 saturated heterocycles. The van der Waals surface area contributed by atoms with Crippen molar-refractivity contribution in [1.29, 1.82) is 5.26 Å². The average Bonchev–Trinajstić information content (AvgIpc) is 2.65. The summed E-state index contributed by atoms with van der Waals surface area (Å²) in [7, 11) is 0. The quantitative estimate of drug-likeness (QED) is 0.640. The van der Waals surface area contributed by atoms with Crippen LogP contribution >= 0.6 is 0 Å². The largest absolute Gasteiger partial charge is 0.480 e. The standard InChI is InChI=1S/C7H9NO3/c1-2-11-5-3-7(5,4-8)6(9)10/h5H,2-3H2,1H3,(H,9,10). The summed E-state index contributed by atoms with van der Waals surface area (Å²) in [5, 5.41) is 17.1. The van der Waals surface area contributed by atoms with E-state index in [0.717, 1.165) is 0 Å². The Kier molecular flexibility index (Phi) is 1.83. The third-order valence-corrected chi connectivity index (χ3v) is 1.85. The molecule has 0 radical (unpaired) electrons. The molecule has 1 N–H and O–H groups in total. The van der Waals surface area contributed by atoms with Gasteiger partial charge in [-0.3, -0.25) is 4.79 Å². The predicted molar refractivity (Wildman–Crippen MR) is 35.7 cm³/mol. The minimum Gasteiger partial charge on any atom is -0.480 e. The summed E-state index contributed by atoms with van der Waals surface area (Å²) in [5.74, 6) is -1.07. The molecule has 60 valence electrons. The normalized spacial score (nSPS) is 34.4. The number of aliphatic carboxylic acids is 1. The Bertz CT molecular complexity index is 220. The fourth-order valence-corrected chi connectivity index (χ4v) is 1.03. The van der Waals surface area contributed by atoms with E-state index < -0.39 is 17.5 Å². The van der Waals surface area contributed by atoms with Gasteiger partial charge in [0.2, 0.25) is 0 Å². The van der Waals surface area contributed by atoms with Crippen molar-refractivity contribution in [2.75, 3.05) is 6.61 Å². The van der Waals surface area contributed by atoms with Crippen LogP contribution in [0, 0.1) is 16.7 Å². The van der Waals surface area contributed by atoms with E-state index in [1.54, 1.807) is 13.0 Å². The van der Waals surface area contributed by atoms with Crippen LogP contribution in [0.25, 0.3) is 0 Å².